The number of methoxy groups -OCH3 is 2. The van der Waals surface area contributed by atoms with Gasteiger partial charge in [-0.05, 0) is 61.5 Å². The molecule has 0 aliphatic carbocycles. The van der Waals surface area contributed by atoms with Crippen molar-refractivity contribution in [2.45, 2.75) is 17.1 Å². The quantitative estimate of drug-likeness (QED) is 0.0494. The molecule has 0 saturated carbocycles. The first-order valence-corrected chi connectivity index (χ1v) is 16.8. The predicted octanol–water partition coefficient (Wildman–Crippen LogP) is 7.26. The molecule has 4 aromatic carbocycles. The topological polar surface area (TPSA) is 162 Å². The molecule has 254 valence electrons. The average molecular weight is 710 g/mol. The number of hydrogen-bond acceptors (Lipinski definition) is 10. The Morgan fingerprint density at radius 1 is 0.920 bits per heavy atom. The highest BCUT2D eigenvalue weighted by Crippen LogP contribution is 2.31. The number of amides is 3. The van der Waals surface area contributed by atoms with Crippen LogP contribution in [0.25, 0.3) is 17.3 Å². The number of nitro groups is 1. The highest BCUT2D eigenvalue weighted by atomic mass is 32.2. The Labute approximate surface area is 295 Å². The molecule has 0 spiro atoms. The Morgan fingerprint density at radius 3 is 2.44 bits per heavy atom. The van der Waals surface area contributed by atoms with Crippen molar-refractivity contribution in [3.05, 3.63) is 129 Å². The fraction of sp³-hybridized carbons (Fsp3) is 0.111. The summed E-state index contributed by atoms with van der Waals surface area (Å²) in [5, 5.41) is 21.0. The lowest BCUT2D eigenvalue weighted by Gasteiger charge is -2.14. The number of nitro benzene ring substituents is 1. The fourth-order valence-corrected chi connectivity index (χ4v) is 6.25. The first kappa shape index (κ1) is 35.3. The monoisotopic (exact) mass is 709 g/mol. The molecule has 3 N–H and O–H groups in total. The minimum absolute atomic E-state index is 0.0378. The molecule has 5 rings (SSSR count). The average Bonchev–Trinajstić information content (AvgIpc) is 3.60. The standard InChI is InChI=1S/C36H31N5O7S2/c1-22(33(42)40-36-39-31(21-49-36)24-11-7-13-27(17-24)41(45)46)50-29-14-8-12-26(20-29)37-35(44)30(38-34(43)23-9-5-4-6-10-23)19-25-18-28(47-2)15-16-32(25)48-3/h4-22H,1-3H3,(H,37,44)(H,38,43)(H,39,40,42)/b30-19+. The molecule has 0 aliphatic rings. The molecule has 0 aliphatic heterocycles. The first-order valence-electron chi connectivity index (χ1n) is 15.0. The SMILES string of the molecule is COc1ccc(OC)c(/C=C(/NC(=O)c2ccccc2)C(=O)Nc2cccc(SC(C)C(=O)Nc3nc(-c4cccc([N+](=O)[O-])c4)cs3)c2)c1. The van der Waals surface area contributed by atoms with E-state index in [0.29, 0.717) is 49.6 Å². The van der Waals surface area contributed by atoms with Crippen molar-refractivity contribution in [3.63, 3.8) is 0 Å². The van der Waals surface area contributed by atoms with Gasteiger partial charge >= 0.3 is 0 Å². The van der Waals surface area contributed by atoms with Gasteiger partial charge in [0.05, 0.1) is 30.1 Å². The third kappa shape index (κ3) is 9.12. The van der Waals surface area contributed by atoms with Crippen LogP contribution >= 0.6 is 23.1 Å². The summed E-state index contributed by atoms with van der Waals surface area (Å²) < 4.78 is 10.8. The van der Waals surface area contributed by atoms with Gasteiger partial charge in [-0.15, -0.1) is 23.1 Å². The number of non-ortho nitro benzene ring substituents is 1. The molecule has 0 radical (unpaired) electrons. The van der Waals surface area contributed by atoms with Gasteiger partial charge in [0, 0.05) is 44.8 Å². The van der Waals surface area contributed by atoms with Crippen LogP contribution in [-0.4, -0.2) is 47.1 Å². The number of benzene rings is 4. The van der Waals surface area contributed by atoms with Crippen LogP contribution in [0.2, 0.25) is 0 Å². The van der Waals surface area contributed by atoms with Crippen molar-refractivity contribution >= 4 is 63.4 Å². The van der Waals surface area contributed by atoms with E-state index in [4.69, 9.17) is 9.47 Å². The zero-order valence-electron chi connectivity index (χ0n) is 27.0. The van der Waals surface area contributed by atoms with Crippen LogP contribution in [0.4, 0.5) is 16.5 Å². The Bertz CT molecular complexity index is 2070. The number of ether oxygens (including phenoxy) is 2. The molecule has 50 heavy (non-hydrogen) atoms. The number of aromatic nitrogens is 1. The summed E-state index contributed by atoms with van der Waals surface area (Å²) in [6, 6.07) is 26.7. The van der Waals surface area contributed by atoms with Crippen LogP contribution in [0.1, 0.15) is 22.8 Å². The molecular weight excluding hydrogens is 679 g/mol. The van der Waals surface area contributed by atoms with Gasteiger partial charge in [0.15, 0.2) is 5.13 Å². The molecule has 0 bridgehead atoms. The minimum Gasteiger partial charge on any atom is -0.497 e. The van der Waals surface area contributed by atoms with Gasteiger partial charge in [-0.25, -0.2) is 4.98 Å². The number of anilines is 2. The maximum absolute atomic E-state index is 13.7. The molecule has 3 amide bonds. The van der Waals surface area contributed by atoms with Crippen molar-refractivity contribution in [1.82, 2.24) is 10.3 Å². The summed E-state index contributed by atoms with van der Waals surface area (Å²) >= 11 is 2.48. The molecule has 1 heterocycles. The van der Waals surface area contributed by atoms with E-state index in [2.05, 4.69) is 20.9 Å². The van der Waals surface area contributed by atoms with Gasteiger partial charge in [-0.2, -0.15) is 0 Å². The number of hydrogen-bond donors (Lipinski definition) is 3. The molecule has 5 aromatic rings. The smallest absolute Gasteiger partial charge is 0.272 e. The van der Waals surface area contributed by atoms with E-state index in [0.717, 1.165) is 0 Å². The molecule has 1 atom stereocenters. The van der Waals surface area contributed by atoms with E-state index in [-0.39, 0.29) is 17.3 Å². The van der Waals surface area contributed by atoms with Crippen LogP contribution in [0.15, 0.2) is 113 Å². The molecule has 12 nitrogen and oxygen atoms in total. The number of nitrogens with one attached hydrogen (secondary N) is 3. The molecule has 14 heteroatoms. The molecule has 0 saturated heterocycles. The predicted molar refractivity (Wildman–Crippen MR) is 195 cm³/mol. The number of thioether (sulfide) groups is 1. The summed E-state index contributed by atoms with van der Waals surface area (Å²) in [4.78, 5) is 55.6. The number of carbonyl (C=O) groups excluding carboxylic acids is 3. The maximum atomic E-state index is 13.7. The fourth-order valence-electron chi connectivity index (χ4n) is 4.60. The number of rotatable bonds is 13. The van der Waals surface area contributed by atoms with Crippen molar-refractivity contribution in [2.75, 3.05) is 24.9 Å². The van der Waals surface area contributed by atoms with Crippen LogP contribution in [0, 0.1) is 10.1 Å². The summed E-state index contributed by atoms with van der Waals surface area (Å²) in [7, 11) is 3.02. The Balaban J connectivity index is 1.29. The normalized spacial score (nSPS) is 11.6. The summed E-state index contributed by atoms with van der Waals surface area (Å²) in [6.45, 7) is 1.74. The van der Waals surface area contributed by atoms with Gasteiger partial charge in [0.1, 0.15) is 17.2 Å². The Kier molecular flexibility index (Phi) is 11.6. The van der Waals surface area contributed by atoms with Gasteiger partial charge in [0.25, 0.3) is 17.5 Å². The van der Waals surface area contributed by atoms with E-state index < -0.39 is 22.0 Å². The van der Waals surface area contributed by atoms with Crippen molar-refractivity contribution in [1.29, 1.82) is 0 Å². The van der Waals surface area contributed by atoms with Gasteiger partial charge in [-0.1, -0.05) is 36.4 Å². The van der Waals surface area contributed by atoms with E-state index in [9.17, 15) is 24.5 Å². The number of carbonyl (C=O) groups is 3. The second-order valence-corrected chi connectivity index (χ2v) is 12.8. The van der Waals surface area contributed by atoms with Gasteiger partial charge < -0.3 is 25.4 Å². The van der Waals surface area contributed by atoms with E-state index in [1.165, 1.54) is 55.5 Å². The van der Waals surface area contributed by atoms with E-state index in [1.54, 1.807) is 91.2 Å². The molecule has 1 aromatic heterocycles. The zero-order chi connectivity index (χ0) is 35.6. The Hall–Kier alpha value is -5.99. The summed E-state index contributed by atoms with van der Waals surface area (Å²) in [5.74, 6) is -0.364. The third-order valence-electron chi connectivity index (χ3n) is 7.13. The van der Waals surface area contributed by atoms with Gasteiger partial charge in [0.2, 0.25) is 5.91 Å². The minimum atomic E-state index is -0.588. The molecule has 1 unspecified atom stereocenters. The van der Waals surface area contributed by atoms with Gasteiger partial charge in [-0.3, -0.25) is 24.5 Å². The lowest BCUT2D eigenvalue weighted by Crippen LogP contribution is -2.30. The lowest BCUT2D eigenvalue weighted by atomic mass is 10.1. The highest BCUT2D eigenvalue weighted by Gasteiger charge is 2.19. The second kappa shape index (κ2) is 16.4. The maximum Gasteiger partial charge on any atom is 0.272 e. The van der Waals surface area contributed by atoms with Crippen LogP contribution < -0.4 is 25.4 Å². The van der Waals surface area contributed by atoms with Crippen molar-refractivity contribution in [3.8, 4) is 22.8 Å². The van der Waals surface area contributed by atoms with Crippen LogP contribution in [0.3, 0.4) is 0 Å². The number of nitrogens with zero attached hydrogens (tertiary/aromatic N) is 2. The Morgan fingerprint density at radius 2 is 1.70 bits per heavy atom. The largest absolute Gasteiger partial charge is 0.497 e. The van der Waals surface area contributed by atoms with E-state index in [1.807, 2.05) is 6.07 Å². The first-order chi connectivity index (χ1) is 24.1. The van der Waals surface area contributed by atoms with Crippen molar-refractivity contribution in [2.24, 2.45) is 0 Å². The summed E-state index contributed by atoms with van der Waals surface area (Å²) in [5.41, 5.74) is 2.30. The number of thiazole rings is 1. The molecular formula is C36H31N5O7S2. The third-order valence-corrected chi connectivity index (χ3v) is 8.98. The van der Waals surface area contributed by atoms with E-state index >= 15 is 0 Å². The zero-order valence-corrected chi connectivity index (χ0v) is 28.7. The van der Waals surface area contributed by atoms with Crippen LogP contribution in [-0.2, 0) is 9.59 Å². The van der Waals surface area contributed by atoms with Crippen molar-refractivity contribution < 1.29 is 28.8 Å². The highest BCUT2D eigenvalue weighted by molar-refractivity contribution is 8.00. The van der Waals surface area contributed by atoms with Crippen LogP contribution in [0.5, 0.6) is 11.5 Å². The lowest BCUT2D eigenvalue weighted by molar-refractivity contribution is -0.384. The summed E-state index contributed by atoms with van der Waals surface area (Å²) in [6.07, 6.45) is 1.51. The molecule has 0 fully saturated rings. The second-order valence-electron chi connectivity index (χ2n) is 10.6.